The first-order valence-electron chi connectivity index (χ1n) is 10.00. The Morgan fingerprint density at radius 3 is 2.50 bits per heavy atom. The monoisotopic (exact) mass is 383 g/mol. The summed E-state index contributed by atoms with van der Waals surface area (Å²) in [6.07, 6.45) is 0. The number of anilines is 2. The van der Waals surface area contributed by atoms with Crippen LogP contribution in [0.15, 0.2) is 30.3 Å². The highest BCUT2D eigenvalue weighted by atomic mass is 16.5. The Labute approximate surface area is 166 Å². The Morgan fingerprint density at radius 1 is 0.964 bits per heavy atom. The van der Waals surface area contributed by atoms with Crippen LogP contribution in [0.2, 0.25) is 0 Å². The van der Waals surface area contributed by atoms with E-state index in [2.05, 4.69) is 43.9 Å². The van der Waals surface area contributed by atoms with Crippen molar-refractivity contribution in [2.75, 3.05) is 69.4 Å². The molecule has 2 aliphatic rings. The van der Waals surface area contributed by atoms with Gasteiger partial charge < -0.3 is 19.3 Å². The molecule has 2 aromatic rings. The second-order valence-corrected chi connectivity index (χ2v) is 7.38. The largest absolute Gasteiger partial charge is 0.497 e. The van der Waals surface area contributed by atoms with Crippen molar-refractivity contribution in [2.24, 2.45) is 0 Å². The number of aryl methyl sites for hydroxylation is 1. The van der Waals surface area contributed by atoms with Gasteiger partial charge in [-0.1, -0.05) is 12.1 Å². The van der Waals surface area contributed by atoms with Crippen molar-refractivity contribution in [3.05, 3.63) is 41.6 Å². The second-order valence-electron chi connectivity index (χ2n) is 7.38. The van der Waals surface area contributed by atoms with Gasteiger partial charge >= 0.3 is 0 Å². The summed E-state index contributed by atoms with van der Waals surface area (Å²) in [5.74, 6) is 2.79. The van der Waals surface area contributed by atoms with Crippen LogP contribution in [-0.4, -0.2) is 74.5 Å². The van der Waals surface area contributed by atoms with E-state index < -0.39 is 0 Å². The smallest absolute Gasteiger partial charge is 0.227 e. The highest BCUT2D eigenvalue weighted by Crippen LogP contribution is 2.21. The van der Waals surface area contributed by atoms with Crippen molar-refractivity contribution in [3.63, 3.8) is 0 Å². The third-order valence-corrected chi connectivity index (χ3v) is 5.36. The van der Waals surface area contributed by atoms with Crippen molar-refractivity contribution in [3.8, 4) is 5.75 Å². The maximum absolute atomic E-state index is 5.45. The van der Waals surface area contributed by atoms with Crippen molar-refractivity contribution in [1.82, 2.24) is 14.9 Å². The lowest BCUT2D eigenvalue weighted by molar-refractivity contribution is 0.122. The molecule has 0 radical (unpaired) electrons. The lowest BCUT2D eigenvalue weighted by Gasteiger charge is -2.36. The van der Waals surface area contributed by atoms with E-state index in [1.165, 1.54) is 5.56 Å². The fourth-order valence-electron chi connectivity index (χ4n) is 3.77. The summed E-state index contributed by atoms with van der Waals surface area (Å²) in [5, 5.41) is 0. The molecule has 0 bridgehead atoms. The zero-order chi connectivity index (χ0) is 19.3. The minimum Gasteiger partial charge on any atom is -0.497 e. The van der Waals surface area contributed by atoms with Gasteiger partial charge in [0.2, 0.25) is 5.95 Å². The quantitative estimate of drug-likeness (QED) is 0.782. The Hall–Kier alpha value is -2.38. The average Bonchev–Trinajstić information content (AvgIpc) is 2.74. The van der Waals surface area contributed by atoms with Crippen LogP contribution in [0.25, 0.3) is 0 Å². The van der Waals surface area contributed by atoms with Crippen molar-refractivity contribution in [1.29, 1.82) is 0 Å². The number of hydrogen-bond acceptors (Lipinski definition) is 7. The van der Waals surface area contributed by atoms with Gasteiger partial charge in [0.05, 0.1) is 20.3 Å². The third kappa shape index (κ3) is 4.54. The van der Waals surface area contributed by atoms with Gasteiger partial charge in [0.15, 0.2) is 0 Å². The van der Waals surface area contributed by atoms with Gasteiger partial charge in [-0.15, -0.1) is 0 Å². The maximum atomic E-state index is 5.45. The van der Waals surface area contributed by atoms with Gasteiger partial charge in [-0.3, -0.25) is 4.90 Å². The van der Waals surface area contributed by atoms with Gasteiger partial charge in [0.25, 0.3) is 0 Å². The zero-order valence-corrected chi connectivity index (χ0v) is 16.8. The average molecular weight is 383 g/mol. The van der Waals surface area contributed by atoms with Crippen LogP contribution in [0.5, 0.6) is 5.75 Å². The summed E-state index contributed by atoms with van der Waals surface area (Å²) in [7, 11) is 1.72. The van der Waals surface area contributed by atoms with Crippen LogP contribution < -0.4 is 14.5 Å². The zero-order valence-electron chi connectivity index (χ0n) is 16.8. The molecule has 28 heavy (non-hydrogen) atoms. The van der Waals surface area contributed by atoms with Crippen LogP contribution >= 0.6 is 0 Å². The molecule has 0 aliphatic carbocycles. The molecule has 3 heterocycles. The molecule has 0 spiro atoms. The summed E-state index contributed by atoms with van der Waals surface area (Å²) < 4.78 is 10.8. The number of nitrogens with zero attached hydrogens (tertiary/aromatic N) is 5. The topological polar surface area (TPSA) is 54.0 Å². The lowest BCUT2D eigenvalue weighted by Crippen LogP contribution is -2.46. The van der Waals surface area contributed by atoms with Crippen molar-refractivity contribution in [2.45, 2.75) is 13.5 Å². The summed E-state index contributed by atoms with van der Waals surface area (Å²) >= 11 is 0. The summed E-state index contributed by atoms with van der Waals surface area (Å²) in [6.45, 7) is 10.2. The number of ether oxygens (including phenoxy) is 2. The molecule has 0 saturated carbocycles. The highest BCUT2D eigenvalue weighted by Gasteiger charge is 2.21. The number of aromatic nitrogens is 2. The normalized spacial score (nSPS) is 18.4. The van der Waals surface area contributed by atoms with E-state index >= 15 is 0 Å². The van der Waals surface area contributed by atoms with E-state index in [1.807, 2.05) is 13.0 Å². The van der Waals surface area contributed by atoms with E-state index in [4.69, 9.17) is 14.5 Å². The molecule has 150 valence electrons. The molecule has 2 aliphatic heterocycles. The van der Waals surface area contributed by atoms with E-state index in [0.29, 0.717) is 0 Å². The number of morpholine rings is 1. The van der Waals surface area contributed by atoms with Crippen LogP contribution in [0, 0.1) is 6.92 Å². The van der Waals surface area contributed by atoms with Gasteiger partial charge in [-0.2, -0.15) is 4.98 Å². The summed E-state index contributed by atoms with van der Waals surface area (Å²) in [4.78, 5) is 16.6. The van der Waals surface area contributed by atoms with E-state index in [0.717, 1.165) is 82.2 Å². The molecular weight excluding hydrogens is 354 g/mol. The first kappa shape index (κ1) is 19.0. The van der Waals surface area contributed by atoms with Gasteiger partial charge in [0, 0.05) is 57.6 Å². The third-order valence-electron chi connectivity index (χ3n) is 5.36. The number of piperazine rings is 1. The molecule has 0 N–H and O–H groups in total. The van der Waals surface area contributed by atoms with Crippen molar-refractivity contribution < 1.29 is 9.47 Å². The lowest BCUT2D eigenvalue weighted by atomic mass is 10.2. The predicted molar refractivity (Wildman–Crippen MR) is 110 cm³/mol. The van der Waals surface area contributed by atoms with E-state index in [-0.39, 0.29) is 0 Å². The summed E-state index contributed by atoms with van der Waals surface area (Å²) in [5.41, 5.74) is 2.31. The number of hydrogen-bond donors (Lipinski definition) is 0. The molecule has 0 unspecified atom stereocenters. The van der Waals surface area contributed by atoms with Crippen LogP contribution in [0.4, 0.5) is 11.8 Å². The SMILES string of the molecule is COc1cccc(CN2CCN(c3cc(C)nc(N4CCOCC4)n3)CC2)c1. The maximum Gasteiger partial charge on any atom is 0.227 e. The molecule has 0 atom stereocenters. The minimum absolute atomic E-state index is 0.746. The van der Waals surface area contributed by atoms with Crippen LogP contribution in [0.3, 0.4) is 0 Å². The molecule has 4 rings (SSSR count). The highest BCUT2D eigenvalue weighted by molar-refractivity contribution is 5.46. The second kappa shape index (κ2) is 8.75. The minimum atomic E-state index is 0.746. The number of rotatable bonds is 5. The van der Waals surface area contributed by atoms with Crippen molar-refractivity contribution >= 4 is 11.8 Å². The Balaban J connectivity index is 1.38. The molecule has 7 nitrogen and oxygen atoms in total. The standard InChI is InChI=1S/C21H29N5O2/c1-17-14-20(23-21(22-17)26-10-12-28-13-11-26)25-8-6-24(7-9-25)16-18-4-3-5-19(15-18)27-2/h3-5,14-15H,6-13,16H2,1-2H3. The molecule has 1 aromatic carbocycles. The Kier molecular flexibility index (Phi) is 5.92. The fraction of sp³-hybridized carbons (Fsp3) is 0.524. The first-order valence-corrected chi connectivity index (χ1v) is 10.00. The Bertz CT molecular complexity index is 786. The molecule has 2 fully saturated rings. The molecule has 1 aromatic heterocycles. The van der Waals surface area contributed by atoms with Gasteiger partial charge in [0.1, 0.15) is 11.6 Å². The van der Waals surface area contributed by atoms with E-state index in [9.17, 15) is 0 Å². The van der Waals surface area contributed by atoms with Gasteiger partial charge in [-0.05, 0) is 24.6 Å². The first-order chi connectivity index (χ1) is 13.7. The number of methoxy groups -OCH3 is 1. The van der Waals surface area contributed by atoms with Crippen LogP contribution in [0.1, 0.15) is 11.3 Å². The fourth-order valence-corrected chi connectivity index (χ4v) is 3.77. The molecular formula is C21H29N5O2. The van der Waals surface area contributed by atoms with Gasteiger partial charge in [-0.25, -0.2) is 4.98 Å². The number of benzene rings is 1. The van der Waals surface area contributed by atoms with Crippen LogP contribution in [-0.2, 0) is 11.3 Å². The summed E-state index contributed by atoms with van der Waals surface area (Å²) in [6, 6.07) is 10.4. The predicted octanol–water partition coefficient (Wildman–Crippen LogP) is 1.95. The molecule has 0 amide bonds. The molecule has 7 heteroatoms. The molecule has 2 saturated heterocycles. The van der Waals surface area contributed by atoms with E-state index in [1.54, 1.807) is 7.11 Å². The Morgan fingerprint density at radius 2 is 1.75 bits per heavy atom.